The van der Waals surface area contributed by atoms with Gasteiger partial charge in [-0.2, -0.15) is 0 Å². The van der Waals surface area contributed by atoms with Crippen LogP contribution in [0.15, 0.2) is 84.9 Å². The molecule has 0 unspecified atom stereocenters. The Morgan fingerprint density at radius 1 is 0.630 bits per heavy atom. The van der Waals surface area contributed by atoms with Gasteiger partial charge in [-0.05, 0) is 36.8 Å². The van der Waals surface area contributed by atoms with Gasteiger partial charge in [0.05, 0.1) is 21.4 Å². The highest BCUT2D eigenvalue weighted by Gasteiger charge is 2.16. The number of benzene rings is 4. The topological polar surface area (TPSA) is 4.93 Å². The van der Waals surface area contributed by atoms with E-state index in [9.17, 15) is 0 Å². The SMILES string of the molecule is Cc1ccc(-n2c3ccccc3c3ccccc32)c2sc3ccccc3c12. The number of aromatic nitrogens is 1. The summed E-state index contributed by atoms with van der Waals surface area (Å²) in [5.74, 6) is 0. The van der Waals surface area contributed by atoms with Crippen molar-refractivity contribution < 1.29 is 0 Å². The van der Waals surface area contributed by atoms with Crippen LogP contribution in [0, 0.1) is 6.92 Å². The fourth-order valence-corrected chi connectivity index (χ4v) is 5.62. The maximum atomic E-state index is 2.43. The monoisotopic (exact) mass is 363 g/mol. The van der Waals surface area contributed by atoms with Crippen LogP contribution in [0.5, 0.6) is 0 Å². The van der Waals surface area contributed by atoms with Gasteiger partial charge in [-0.15, -0.1) is 11.3 Å². The van der Waals surface area contributed by atoms with Crippen LogP contribution in [-0.2, 0) is 0 Å². The summed E-state index contributed by atoms with van der Waals surface area (Å²) in [7, 11) is 0. The molecule has 0 fully saturated rings. The molecule has 0 atom stereocenters. The predicted octanol–water partition coefficient (Wildman–Crippen LogP) is 7.46. The summed E-state index contributed by atoms with van der Waals surface area (Å²) < 4.78 is 5.15. The summed E-state index contributed by atoms with van der Waals surface area (Å²) in [5.41, 5.74) is 5.14. The number of nitrogens with zero attached hydrogens (tertiary/aromatic N) is 1. The van der Waals surface area contributed by atoms with Gasteiger partial charge in [0.15, 0.2) is 0 Å². The third-order valence-electron chi connectivity index (χ3n) is 5.53. The van der Waals surface area contributed by atoms with Gasteiger partial charge in [-0.1, -0.05) is 60.7 Å². The predicted molar refractivity (Wildman–Crippen MR) is 118 cm³/mol. The number of thiophene rings is 1. The van der Waals surface area contributed by atoms with Crippen LogP contribution in [0.1, 0.15) is 5.56 Å². The van der Waals surface area contributed by atoms with Crippen molar-refractivity contribution in [1.29, 1.82) is 0 Å². The van der Waals surface area contributed by atoms with Crippen LogP contribution in [-0.4, -0.2) is 4.57 Å². The largest absolute Gasteiger partial charge is 0.308 e. The molecule has 2 heteroatoms. The number of hydrogen-bond donors (Lipinski definition) is 0. The normalized spacial score (nSPS) is 11.9. The minimum absolute atomic E-state index is 1.27. The van der Waals surface area contributed by atoms with E-state index in [0.29, 0.717) is 0 Å². The highest BCUT2D eigenvalue weighted by Crippen LogP contribution is 2.41. The summed E-state index contributed by atoms with van der Waals surface area (Å²) in [6, 6.07) is 30.7. The zero-order valence-electron chi connectivity index (χ0n) is 14.9. The van der Waals surface area contributed by atoms with E-state index in [2.05, 4.69) is 96.4 Å². The summed E-state index contributed by atoms with van der Waals surface area (Å²) in [4.78, 5) is 0. The average Bonchev–Trinajstić information content (AvgIpc) is 3.26. The first-order valence-corrected chi connectivity index (χ1v) is 10.0. The molecule has 128 valence electrons. The molecule has 2 heterocycles. The van der Waals surface area contributed by atoms with E-state index in [1.807, 2.05) is 11.3 Å². The zero-order chi connectivity index (χ0) is 18.0. The van der Waals surface area contributed by atoms with Gasteiger partial charge < -0.3 is 4.57 Å². The minimum atomic E-state index is 1.27. The fraction of sp³-hybridized carbons (Fsp3) is 0.0400. The molecule has 0 N–H and O–H groups in total. The molecule has 0 aliphatic carbocycles. The van der Waals surface area contributed by atoms with E-state index in [-0.39, 0.29) is 0 Å². The Hall–Kier alpha value is -3.10. The second-order valence-electron chi connectivity index (χ2n) is 7.07. The van der Waals surface area contributed by atoms with Gasteiger partial charge in [-0.25, -0.2) is 0 Å². The Balaban J connectivity index is 1.85. The lowest BCUT2D eigenvalue weighted by molar-refractivity contribution is 1.20. The molecule has 6 rings (SSSR count). The Morgan fingerprint density at radius 2 is 1.22 bits per heavy atom. The lowest BCUT2D eigenvalue weighted by Gasteiger charge is -2.10. The number of para-hydroxylation sites is 2. The summed E-state index contributed by atoms with van der Waals surface area (Å²) in [5, 5.41) is 5.36. The second kappa shape index (κ2) is 5.45. The molecule has 0 radical (unpaired) electrons. The van der Waals surface area contributed by atoms with Crippen molar-refractivity contribution >= 4 is 53.3 Å². The Kier molecular flexibility index (Phi) is 3.03. The first-order chi connectivity index (χ1) is 13.3. The molecule has 6 aromatic rings. The van der Waals surface area contributed by atoms with Gasteiger partial charge in [0.1, 0.15) is 0 Å². The van der Waals surface area contributed by atoms with Crippen molar-refractivity contribution in [3.05, 3.63) is 90.5 Å². The quantitative estimate of drug-likeness (QED) is 0.286. The van der Waals surface area contributed by atoms with Crippen molar-refractivity contribution in [3.63, 3.8) is 0 Å². The van der Waals surface area contributed by atoms with Gasteiger partial charge in [0.2, 0.25) is 0 Å². The number of hydrogen-bond acceptors (Lipinski definition) is 1. The standard InChI is InChI=1S/C25H17NS/c1-16-14-15-22(25-24(16)19-10-4-7-13-23(19)27-25)26-20-11-5-2-8-17(20)18-9-3-6-12-21(18)26/h2-15H,1H3. The van der Waals surface area contributed by atoms with E-state index in [1.54, 1.807) is 0 Å². The van der Waals surface area contributed by atoms with Crippen LogP contribution < -0.4 is 0 Å². The number of rotatable bonds is 1. The lowest BCUT2D eigenvalue weighted by atomic mass is 10.1. The zero-order valence-corrected chi connectivity index (χ0v) is 15.8. The van der Waals surface area contributed by atoms with Crippen LogP contribution in [0.3, 0.4) is 0 Å². The fourth-order valence-electron chi connectivity index (χ4n) is 4.34. The second-order valence-corrected chi connectivity index (χ2v) is 8.13. The molecule has 0 aliphatic rings. The molecule has 0 bridgehead atoms. The van der Waals surface area contributed by atoms with Crippen molar-refractivity contribution in [2.45, 2.75) is 6.92 Å². The van der Waals surface area contributed by atoms with Gasteiger partial charge >= 0.3 is 0 Å². The molecular weight excluding hydrogens is 346 g/mol. The molecule has 0 aliphatic heterocycles. The Morgan fingerprint density at radius 3 is 1.93 bits per heavy atom. The maximum absolute atomic E-state index is 2.43. The molecule has 0 spiro atoms. The van der Waals surface area contributed by atoms with Crippen LogP contribution >= 0.6 is 11.3 Å². The lowest BCUT2D eigenvalue weighted by Crippen LogP contribution is -1.94. The van der Waals surface area contributed by atoms with E-state index in [4.69, 9.17) is 0 Å². The van der Waals surface area contributed by atoms with Crippen molar-refractivity contribution in [1.82, 2.24) is 4.57 Å². The van der Waals surface area contributed by atoms with E-state index in [1.165, 1.54) is 53.2 Å². The molecule has 0 saturated heterocycles. The number of fused-ring (bicyclic) bond motifs is 6. The van der Waals surface area contributed by atoms with Crippen molar-refractivity contribution in [3.8, 4) is 5.69 Å². The Bertz CT molecular complexity index is 1430. The average molecular weight is 363 g/mol. The highest BCUT2D eigenvalue weighted by atomic mass is 32.1. The molecule has 4 aromatic carbocycles. The smallest absolute Gasteiger partial charge is 0.0641 e. The van der Waals surface area contributed by atoms with Crippen molar-refractivity contribution in [2.24, 2.45) is 0 Å². The first kappa shape index (κ1) is 15.0. The van der Waals surface area contributed by atoms with Crippen molar-refractivity contribution in [2.75, 3.05) is 0 Å². The van der Waals surface area contributed by atoms with Gasteiger partial charge in [0, 0.05) is 26.2 Å². The Labute approximate surface area is 161 Å². The third kappa shape index (κ3) is 1.99. The maximum Gasteiger partial charge on any atom is 0.0641 e. The molecule has 27 heavy (non-hydrogen) atoms. The van der Waals surface area contributed by atoms with Gasteiger partial charge in [-0.3, -0.25) is 0 Å². The molecule has 1 nitrogen and oxygen atoms in total. The summed E-state index contributed by atoms with van der Waals surface area (Å²) in [6.07, 6.45) is 0. The van der Waals surface area contributed by atoms with E-state index < -0.39 is 0 Å². The minimum Gasteiger partial charge on any atom is -0.308 e. The third-order valence-corrected chi connectivity index (χ3v) is 6.73. The number of aryl methyl sites for hydroxylation is 1. The van der Waals surface area contributed by atoms with Crippen LogP contribution in [0.4, 0.5) is 0 Å². The molecule has 0 amide bonds. The summed E-state index contributed by atoms with van der Waals surface area (Å²) in [6.45, 7) is 2.22. The van der Waals surface area contributed by atoms with Crippen LogP contribution in [0.2, 0.25) is 0 Å². The van der Waals surface area contributed by atoms with Gasteiger partial charge in [0.25, 0.3) is 0 Å². The van der Waals surface area contributed by atoms with E-state index in [0.717, 1.165) is 0 Å². The molecule has 2 aromatic heterocycles. The van der Waals surface area contributed by atoms with Crippen LogP contribution in [0.25, 0.3) is 47.7 Å². The molecular formula is C25H17NS. The highest BCUT2D eigenvalue weighted by molar-refractivity contribution is 7.26. The first-order valence-electron chi connectivity index (χ1n) is 9.22. The summed E-state index contributed by atoms with van der Waals surface area (Å²) >= 11 is 1.90. The molecule has 0 saturated carbocycles. The van der Waals surface area contributed by atoms with E-state index >= 15 is 0 Å².